The number of rotatable bonds is 9. The standard InChI is InChI=1S/C23H27N5O2/c1-2-15-27-19-10-5-6-11-20(19)28(23(27)30)16-13-22(29)24-14-7-12-21-25-17-8-3-4-9-18(17)26-21/h3-6,8-11H,2,7,12-16H2,1H3,(H,24,29)(H,25,26). The molecule has 0 saturated carbocycles. The van der Waals surface area contributed by atoms with E-state index >= 15 is 0 Å². The van der Waals surface area contributed by atoms with E-state index < -0.39 is 0 Å². The molecule has 0 unspecified atom stereocenters. The summed E-state index contributed by atoms with van der Waals surface area (Å²) in [7, 11) is 0. The number of nitrogens with zero attached hydrogens (tertiary/aromatic N) is 3. The number of hydrogen-bond acceptors (Lipinski definition) is 3. The van der Waals surface area contributed by atoms with E-state index in [1.54, 1.807) is 9.13 Å². The first kappa shape index (κ1) is 19.9. The van der Waals surface area contributed by atoms with E-state index in [0.29, 0.717) is 19.6 Å². The Bertz CT molecular complexity index is 1180. The van der Waals surface area contributed by atoms with Gasteiger partial charge in [0.1, 0.15) is 5.82 Å². The molecule has 4 rings (SSSR count). The van der Waals surface area contributed by atoms with Crippen LogP contribution in [0, 0.1) is 0 Å². The molecule has 0 aliphatic rings. The van der Waals surface area contributed by atoms with Crippen molar-refractivity contribution in [2.24, 2.45) is 0 Å². The van der Waals surface area contributed by atoms with Crippen LogP contribution in [0.25, 0.3) is 22.1 Å². The summed E-state index contributed by atoms with van der Waals surface area (Å²) in [6, 6.07) is 15.7. The third-order valence-electron chi connectivity index (χ3n) is 5.29. The van der Waals surface area contributed by atoms with Crippen molar-refractivity contribution in [1.29, 1.82) is 0 Å². The zero-order chi connectivity index (χ0) is 20.9. The maximum absolute atomic E-state index is 12.8. The van der Waals surface area contributed by atoms with Crippen LogP contribution in [0.15, 0.2) is 53.3 Å². The maximum Gasteiger partial charge on any atom is 0.329 e. The van der Waals surface area contributed by atoms with Gasteiger partial charge in [0.05, 0.1) is 22.1 Å². The number of para-hydroxylation sites is 4. The lowest BCUT2D eigenvalue weighted by Gasteiger charge is -2.06. The van der Waals surface area contributed by atoms with Crippen molar-refractivity contribution in [3.05, 3.63) is 64.8 Å². The fraction of sp³-hybridized carbons (Fsp3) is 0.348. The third kappa shape index (κ3) is 4.15. The largest absolute Gasteiger partial charge is 0.356 e. The van der Waals surface area contributed by atoms with Gasteiger partial charge in [-0.05, 0) is 37.1 Å². The second-order valence-electron chi connectivity index (χ2n) is 7.48. The third-order valence-corrected chi connectivity index (χ3v) is 5.29. The lowest BCUT2D eigenvalue weighted by atomic mass is 10.3. The lowest BCUT2D eigenvalue weighted by Crippen LogP contribution is -2.29. The Morgan fingerprint density at radius 2 is 1.73 bits per heavy atom. The summed E-state index contributed by atoms with van der Waals surface area (Å²) in [5.41, 5.74) is 3.76. The van der Waals surface area contributed by atoms with E-state index in [9.17, 15) is 9.59 Å². The number of carbonyl (C=O) groups is 1. The molecule has 30 heavy (non-hydrogen) atoms. The minimum atomic E-state index is -0.0456. The number of H-pyrrole nitrogens is 1. The fourth-order valence-corrected chi connectivity index (χ4v) is 3.84. The van der Waals surface area contributed by atoms with E-state index in [2.05, 4.69) is 22.2 Å². The summed E-state index contributed by atoms with van der Waals surface area (Å²) in [4.78, 5) is 32.9. The molecular weight excluding hydrogens is 378 g/mol. The highest BCUT2D eigenvalue weighted by molar-refractivity contribution is 5.78. The Balaban J connectivity index is 1.30. The molecule has 0 bridgehead atoms. The second-order valence-corrected chi connectivity index (χ2v) is 7.48. The summed E-state index contributed by atoms with van der Waals surface area (Å²) in [6.45, 7) is 3.70. The van der Waals surface area contributed by atoms with Crippen LogP contribution in [0.5, 0.6) is 0 Å². The predicted molar refractivity (Wildman–Crippen MR) is 119 cm³/mol. The number of imidazole rings is 2. The monoisotopic (exact) mass is 405 g/mol. The highest BCUT2D eigenvalue weighted by Gasteiger charge is 2.13. The topological polar surface area (TPSA) is 84.7 Å². The van der Waals surface area contributed by atoms with E-state index in [0.717, 1.165) is 47.2 Å². The summed E-state index contributed by atoms with van der Waals surface area (Å²) >= 11 is 0. The minimum Gasteiger partial charge on any atom is -0.356 e. The molecule has 156 valence electrons. The minimum absolute atomic E-state index is 0.0428. The molecule has 2 aromatic heterocycles. The van der Waals surface area contributed by atoms with Crippen molar-refractivity contribution < 1.29 is 4.79 Å². The summed E-state index contributed by atoms with van der Waals surface area (Å²) in [5, 5.41) is 2.95. The Morgan fingerprint density at radius 1 is 1.03 bits per heavy atom. The number of aromatic amines is 1. The molecule has 0 aliphatic carbocycles. The van der Waals surface area contributed by atoms with Crippen molar-refractivity contribution in [2.45, 2.75) is 45.7 Å². The quantitative estimate of drug-likeness (QED) is 0.419. The number of amides is 1. The van der Waals surface area contributed by atoms with Gasteiger partial charge in [0.25, 0.3) is 0 Å². The number of aryl methyl sites for hydroxylation is 3. The number of fused-ring (bicyclic) bond motifs is 2. The first-order valence-electron chi connectivity index (χ1n) is 10.6. The molecule has 4 aromatic rings. The summed E-state index contributed by atoms with van der Waals surface area (Å²) < 4.78 is 3.50. The Hall–Kier alpha value is -3.35. The van der Waals surface area contributed by atoms with E-state index in [1.807, 2.05) is 48.5 Å². The zero-order valence-electron chi connectivity index (χ0n) is 17.2. The second kappa shape index (κ2) is 8.98. The molecule has 0 aliphatic heterocycles. The van der Waals surface area contributed by atoms with E-state index in [4.69, 9.17) is 0 Å². The molecule has 7 nitrogen and oxygen atoms in total. The highest BCUT2D eigenvalue weighted by Crippen LogP contribution is 2.14. The maximum atomic E-state index is 12.8. The van der Waals surface area contributed by atoms with Gasteiger partial charge in [-0.3, -0.25) is 13.9 Å². The number of nitrogens with one attached hydrogen (secondary N) is 2. The molecule has 2 N–H and O–H groups in total. The summed E-state index contributed by atoms with van der Waals surface area (Å²) in [5.74, 6) is 0.888. The first-order valence-corrected chi connectivity index (χ1v) is 10.6. The SMILES string of the molecule is CCCn1c(=O)n(CCC(=O)NCCCc2nc3ccccc3[nH]2)c2ccccc21. The summed E-state index contributed by atoms with van der Waals surface area (Å²) in [6.07, 6.45) is 2.75. The van der Waals surface area contributed by atoms with Crippen molar-refractivity contribution in [3.63, 3.8) is 0 Å². The van der Waals surface area contributed by atoms with Crippen molar-refractivity contribution >= 4 is 28.0 Å². The molecule has 7 heteroatoms. The van der Waals surface area contributed by atoms with Gasteiger partial charge in [0.2, 0.25) is 5.91 Å². The van der Waals surface area contributed by atoms with Crippen LogP contribution in [0.3, 0.4) is 0 Å². The van der Waals surface area contributed by atoms with Gasteiger partial charge in [0, 0.05) is 32.5 Å². The molecule has 0 radical (unpaired) electrons. The number of carbonyl (C=O) groups excluding carboxylic acids is 1. The van der Waals surface area contributed by atoms with Gasteiger partial charge in [-0.1, -0.05) is 31.2 Å². The van der Waals surface area contributed by atoms with Gasteiger partial charge in [-0.15, -0.1) is 0 Å². The Kier molecular flexibility index (Phi) is 5.97. The molecular formula is C23H27N5O2. The molecule has 2 heterocycles. The Labute approximate surface area is 174 Å². The van der Waals surface area contributed by atoms with Gasteiger partial charge in [0.15, 0.2) is 0 Å². The van der Waals surface area contributed by atoms with Crippen LogP contribution in [0.2, 0.25) is 0 Å². The highest BCUT2D eigenvalue weighted by atomic mass is 16.2. The van der Waals surface area contributed by atoms with Crippen LogP contribution in [0.1, 0.15) is 32.0 Å². The average molecular weight is 406 g/mol. The van der Waals surface area contributed by atoms with Gasteiger partial charge >= 0.3 is 5.69 Å². The van der Waals surface area contributed by atoms with Gasteiger partial charge in [-0.2, -0.15) is 0 Å². The van der Waals surface area contributed by atoms with Gasteiger partial charge < -0.3 is 10.3 Å². The number of hydrogen-bond donors (Lipinski definition) is 2. The van der Waals surface area contributed by atoms with E-state index in [-0.39, 0.29) is 18.0 Å². The number of benzene rings is 2. The molecule has 2 aromatic carbocycles. The van der Waals surface area contributed by atoms with Crippen molar-refractivity contribution in [2.75, 3.05) is 6.54 Å². The van der Waals surface area contributed by atoms with Gasteiger partial charge in [-0.25, -0.2) is 9.78 Å². The Morgan fingerprint density at radius 3 is 2.47 bits per heavy atom. The van der Waals surface area contributed by atoms with Crippen LogP contribution < -0.4 is 11.0 Å². The fourth-order valence-electron chi connectivity index (χ4n) is 3.84. The molecule has 0 atom stereocenters. The number of aromatic nitrogens is 4. The molecule has 0 saturated heterocycles. The molecule has 0 fully saturated rings. The van der Waals surface area contributed by atoms with Crippen molar-refractivity contribution in [1.82, 2.24) is 24.4 Å². The van der Waals surface area contributed by atoms with Crippen LogP contribution in [-0.2, 0) is 24.3 Å². The zero-order valence-corrected chi connectivity index (χ0v) is 17.2. The normalized spacial score (nSPS) is 11.4. The molecule has 0 spiro atoms. The lowest BCUT2D eigenvalue weighted by molar-refractivity contribution is -0.121. The smallest absolute Gasteiger partial charge is 0.329 e. The average Bonchev–Trinajstić information content (AvgIpc) is 3.29. The first-order chi connectivity index (χ1) is 14.7. The van der Waals surface area contributed by atoms with Crippen LogP contribution in [-0.4, -0.2) is 31.6 Å². The van der Waals surface area contributed by atoms with Crippen LogP contribution >= 0.6 is 0 Å². The predicted octanol–water partition coefficient (Wildman–Crippen LogP) is 3.23. The van der Waals surface area contributed by atoms with E-state index in [1.165, 1.54) is 0 Å². The van der Waals surface area contributed by atoms with Crippen molar-refractivity contribution in [3.8, 4) is 0 Å². The van der Waals surface area contributed by atoms with Crippen LogP contribution in [0.4, 0.5) is 0 Å². The molecule has 1 amide bonds.